The first-order chi connectivity index (χ1) is 9.17. The van der Waals surface area contributed by atoms with Gasteiger partial charge in [-0.2, -0.15) is 0 Å². The van der Waals surface area contributed by atoms with Gasteiger partial charge in [-0.1, -0.05) is 25.1 Å². The second-order valence-corrected chi connectivity index (χ2v) is 6.98. The predicted molar refractivity (Wildman–Crippen MR) is 77.2 cm³/mol. The van der Waals surface area contributed by atoms with E-state index < -0.39 is 0 Å². The van der Waals surface area contributed by atoms with Crippen LogP contribution in [0.4, 0.5) is 0 Å². The smallest absolute Gasteiger partial charge is 0.115 e. The summed E-state index contributed by atoms with van der Waals surface area (Å²) < 4.78 is 0. The van der Waals surface area contributed by atoms with Crippen LogP contribution in [0.3, 0.4) is 0 Å². The summed E-state index contributed by atoms with van der Waals surface area (Å²) in [7, 11) is 0. The van der Waals surface area contributed by atoms with Gasteiger partial charge in [-0.3, -0.25) is 0 Å². The monoisotopic (exact) mass is 254 g/mol. The standard InChI is InChI=1S/C18H22O/c1-18-9-2-3-17(18)16-6-4-12-11-13(19)5-7-14(12)15(16)8-10-18/h2,5,7,9,11,15-17,19H,3-4,6,8,10H2,1H3/t15-,16+,17-,18+/m0/s1. The largest absolute Gasteiger partial charge is 0.508 e. The van der Waals surface area contributed by atoms with E-state index in [1.54, 1.807) is 0 Å². The maximum Gasteiger partial charge on any atom is 0.115 e. The average Bonchev–Trinajstić information content (AvgIpc) is 2.79. The lowest BCUT2D eigenvalue weighted by molar-refractivity contribution is 0.0826. The highest BCUT2D eigenvalue weighted by Crippen LogP contribution is 2.58. The lowest BCUT2D eigenvalue weighted by Crippen LogP contribution is -2.39. The summed E-state index contributed by atoms with van der Waals surface area (Å²) in [5, 5.41) is 9.67. The molecule has 4 atom stereocenters. The van der Waals surface area contributed by atoms with Crippen LogP contribution in [0.2, 0.25) is 0 Å². The van der Waals surface area contributed by atoms with E-state index in [4.69, 9.17) is 0 Å². The first kappa shape index (κ1) is 11.6. The zero-order valence-electron chi connectivity index (χ0n) is 11.6. The summed E-state index contributed by atoms with van der Waals surface area (Å²) in [6.07, 6.45) is 11.3. The Kier molecular flexibility index (Phi) is 2.36. The van der Waals surface area contributed by atoms with E-state index in [0.29, 0.717) is 11.2 Å². The minimum absolute atomic E-state index is 0.431. The second kappa shape index (κ2) is 3.88. The fraction of sp³-hybridized carbons (Fsp3) is 0.556. The van der Waals surface area contributed by atoms with Gasteiger partial charge < -0.3 is 5.11 Å². The molecular weight excluding hydrogens is 232 g/mol. The molecule has 0 aromatic heterocycles. The second-order valence-electron chi connectivity index (χ2n) is 6.98. The molecule has 0 spiro atoms. The third kappa shape index (κ3) is 1.60. The molecule has 0 unspecified atom stereocenters. The van der Waals surface area contributed by atoms with Crippen molar-refractivity contribution in [2.45, 2.75) is 44.9 Å². The predicted octanol–water partition coefficient (Wildman–Crippen LogP) is 4.41. The van der Waals surface area contributed by atoms with Gasteiger partial charge in [0.1, 0.15) is 5.75 Å². The van der Waals surface area contributed by atoms with Crippen LogP contribution < -0.4 is 0 Å². The fourth-order valence-corrected chi connectivity index (χ4v) is 5.05. The lowest BCUT2D eigenvalue weighted by Gasteiger charge is -2.49. The maximum absolute atomic E-state index is 9.67. The third-order valence-electron chi connectivity index (χ3n) is 6.04. The van der Waals surface area contributed by atoms with Crippen molar-refractivity contribution in [3.63, 3.8) is 0 Å². The molecule has 1 N–H and O–H groups in total. The Morgan fingerprint density at radius 3 is 3.05 bits per heavy atom. The van der Waals surface area contributed by atoms with E-state index >= 15 is 0 Å². The Hall–Kier alpha value is -1.24. The number of rotatable bonds is 0. The Labute approximate surface area is 115 Å². The topological polar surface area (TPSA) is 20.2 Å². The SMILES string of the molecule is C[C@]12C=CC[C@H]1[C@@H]1CCc3cc(O)ccc3[C@@H]1CC2. The lowest BCUT2D eigenvalue weighted by atomic mass is 9.56. The van der Waals surface area contributed by atoms with Crippen LogP contribution in [0.1, 0.15) is 49.7 Å². The molecule has 4 rings (SSSR count). The summed E-state index contributed by atoms with van der Waals surface area (Å²) in [5.41, 5.74) is 3.40. The zero-order chi connectivity index (χ0) is 13.0. The first-order valence-corrected chi connectivity index (χ1v) is 7.67. The number of hydrogen-bond donors (Lipinski definition) is 1. The van der Waals surface area contributed by atoms with Gasteiger partial charge in [0.15, 0.2) is 0 Å². The molecule has 1 saturated carbocycles. The Morgan fingerprint density at radius 1 is 1.26 bits per heavy atom. The van der Waals surface area contributed by atoms with Crippen molar-refractivity contribution in [3.8, 4) is 5.75 Å². The quantitative estimate of drug-likeness (QED) is 0.680. The van der Waals surface area contributed by atoms with Gasteiger partial charge in [0.25, 0.3) is 0 Å². The third-order valence-corrected chi connectivity index (χ3v) is 6.04. The maximum atomic E-state index is 9.67. The molecule has 0 aliphatic heterocycles. The summed E-state index contributed by atoms with van der Waals surface area (Å²) in [6.45, 7) is 2.46. The molecule has 100 valence electrons. The van der Waals surface area contributed by atoms with Gasteiger partial charge in [-0.25, -0.2) is 0 Å². The molecule has 1 nitrogen and oxygen atoms in total. The van der Waals surface area contributed by atoms with Crippen molar-refractivity contribution in [1.82, 2.24) is 0 Å². The molecule has 3 aliphatic rings. The molecular formula is C18H22O. The summed E-state index contributed by atoms with van der Waals surface area (Å²) in [6, 6.07) is 6.06. The molecule has 0 heterocycles. The van der Waals surface area contributed by atoms with Gasteiger partial charge in [0.05, 0.1) is 0 Å². The van der Waals surface area contributed by atoms with Gasteiger partial charge in [-0.05, 0) is 78.5 Å². The highest BCUT2D eigenvalue weighted by Gasteiger charge is 2.48. The van der Waals surface area contributed by atoms with Gasteiger partial charge in [0, 0.05) is 0 Å². The van der Waals surface area contributed by atoms with E-state index in [0.717, 1.165) is 24.2 Å². The first-order valence-electron chi connectivity index (χ1n) is 7.67. The summed E-state index contributed by atoms with van der Waals surface area (Å²) in [4.78, 5) is 0. The van der Waals surface area contributed by atoms with Crippen molar-refractivity contribution >= 4 is 0 Å². The number of phenolic OH excluding ortho intramolecular Hbond substituents is 1. The van der Waals surface area contributed by atoms with Crippen LogP contribution in [0.25, 0.3) is 0 Å². The molecule has 1 aromatic rings. The van der Waals surface area contributed by atoms with Crippen LogP contribution >= 0.6 is 0 Å². The van der Waals surface area contributed by atoms with E-state index in [2.05, 4.69) is 25.1 Å². The van der Waals surface area contributed by atoms with Crippen molar-refractivity contribution in [2.24, 2.45) is 17.3 Å². The number of allylic oxidation sites excluding steroid dienone is 2. The number of hydrogen-bond acceptors (Lipinski definition) is 1. The number of fused-ring (bicyclic) bond motifs is 5. The molecule has 19 heavy (non-hydrogen) atoms. The Balaban J connectivity index is 1.73. The van der Waals surface area contributed by atoms with Gasteiger partial charge in [-0.15, -0.1) is 0 Å². The van der Waals surface area contributed by atoms with Crippen LogP contribution in [0.5, 0.6) is 5.75 Å². The summed E-state index contributed by atoms with van der Waals surface area (Å²) in [5.74, 6) is 2.88. The Morgan fingerprint density at radius 2 is 2.16 bits per heavy atom. The number of aromatic hydroxyl groups is 1. The molecule has 0 saturated heterocycles. The molecule has 3 aliphatic carbocycles. The molecule has 1 fully saturated rings. The molecule has 1 heteroatoms. The van der Waals surface area contributed by atoms with Crippen molar-refractivity contribution in [3.05, 3.63) is 41.5 Å². The molecule has 0 bridgehead atoms. The molecule has 1 aromatic carbocycles. The normalized spacial score (nSPS) is 39.5. The average molecular weight is 254 g/mol. The number of phenols is 1. The minimum Gasteiger partial charge on any atom is -0.508 e. The highest BCUT2D eigenvalue weighted by molar-refractivity contribution is 5.40. The number of benzene rings is 1. The van der Waals surface area contributed by atoms with Gasteiger partial charge in [0.2, 0.25) is 0 Å². The minimum atomic E-state index is 0.431. The van der Waals surface area contributed by atoms with Crippen LogP contribution in [0, 0.1) is 17.3 Å². The zero-order valence-corrected chi connectivity index (χ0v) is 11.6. The molecule has 0 amide bonds. The van der Waals surface area contributed by atoms with Crippen molar-refractivity contribution < 1.29 is 5.11 Å². The Bertz CT molecular complexity index is 545. The van der Waals surface area contributed by atoms with E-state index in [9.17, 15) is 5.11 Å². The van der Waals surface area contributed by atoms with Crippen LogP contribution in [-0.4, -0.2) is 5.11 Å². The van der Waals surface area contributed by atoms with E-state index in [1.165, 1.54) is 36.8 Å². The fourth-order valence-electron chi connectivity index (χ4n) is 5.05. The van der Waals surface area contributed by atoms with E-state index in [-0.39, 0.29) is 0 Å². The van der Waals surface area contributed by atoms with E-state index in [1.807, 2.05) is 12.1 Å². The number of aryl methyl sites for hydroxylation is 1. The summed E-state index contributed by atoms with van der Waals surface area (Å²) >= 11 is 0. The highest BCUT2D eigenvalue weighted by atomic mass is 16.3. The van der Waals surface area contributed by atoms with Crippen molar-refractivity contribution in [1.29, 1.82) is 0 Å². The van der Waals surface area contributed by atoms with Crippen LogP contribution in [-0.2, 0) is 6.42 Å². The van der Waals surface area contributed by atoms with Crippen LogP contribution in [0.15, 0.2) is 30.4 Å². The molecule has 0 radical (unpaired) electrons. The van der Waals surface area contributed by atoms with Crippen molar-refractivity contribution in [2.75, 3.05) is 0 Å². The van der Waals surface area contributed by atoms with Gasteiger partial charge >= 0.3 is 0 Å².